The van der Waals surface area contributed by atoms with E-state index >= 15 is 0 Å². The molecule has 2 heteroatoms. The van der Waals surface area contributed by atoms with E-state index in [0.29, 0.717) is 5.60 Å². The molecule has 2 aliphatic rings. The van der Waals surface area contributed by atoms with Gasteiger partial charge in [-0.1, -0.05) is 12.8 Å². The molecule has 0 aromatic heterocycles. The highest BCUT2D eigenvalue weighted by Crippen LogP contribution is 2.42. The van der Waals surface area contributed by atoms with Gasteiger partial charge in [0.15, 0.2) is 0 Å². The Morgan fingerprint density at radius 3 is 2.86 bits per heavy atom. The van der Waals surface area contributed by atoms with Crippen molar-refractivity contribution in [1.82, 2.24) is 5.32 Å². The van der Waals surface area contributed by atoms with Crippen LogP contribution in [0.2, 0.25) is 0 Å². The number of rotatable bonds is 3. The highest BCUT2D eigenvalue weighted by molar-refractivity contribution is 4.91. The van der Waals surface area contributed by atoms with E-state index in [9.17, 15) is 0 Å². The van der Waals surface area contributed by atoms with Crippen LogP contribution in [0.4, 0.5) is 0 Å². The predicted molar refractivity (Wildman–Crippen MR) is 58.4 cm³/mol. The Kier molecular flexibility index (Phi) is 3.45. The van der Waals surface area contributed by atoms with Crippen LogP contribution >= 0.6 is 0 Å². The first-order chi connectivity index (χ1) is 6.85. The molecule has 0 radical (unpaired) electrons. The van der Waals surface area contributed by atoms with Crippen LogP contribution in [0.1, 0.15) is 44.9 Å². The van der Waals surface area contributed by atoms with Crippen molar-refractivity contribution in [3.05, 3.63) is 0 Å². The van der Waals surface area contributed by atoms with Crippen LogP contribution < -0.4 is 5.32 Å². The minimum Gasteiger partial charge on any atom is -0.375 e. The topological polar surface area (TPSA) is 21.3 Å². The van der Waals surface area contributed by atoms with Gasteiger partial charge in [0.1, 0.15) is 0 Å². The third-order valence-corrected chi connectivity index (χ3v) is 3.91. The van der Waals surface area contributed by atoms with E-state index in [4.69, 9.17) is 4.74 Å². The minimum atomic E-state index is 0.316. The van der Waals surface area contributed by atoms with Crippen LogP contribution in [-0.2, 0) is 4.74 Å². The normalized spacial score (nSPS) is 31.1. The molecule has 1 aliphatic heterocycles. The fourth-order valence-corrected chi connectivity index (χ4v) is 3.09. The van der Waals surface area contributed by atoms with E-state index in [1.54, 1.807) is 0 Å². The summed E-state index contributed by atoms with van der Waals surface area (Å²) in [7, 11) is 2.05. The van der Waals surface area contributed by atoms with Crippen molar-refractivity contribution in [3.63, 3.8) is 0 Å². The van der Waals surface area contributed by atoms with Gasteiger partial charge in [-0.25, -0.2) is 0 Å². The lowest BCUT2D eigenvalue weighted by atomic mass is 9.83. The number of hydrogen-bond donors (Lipinski definition) is 1. The summed E-state index contributed by atoms with van der Waals surface area (Å²) in [5.41, 5.74) is 0.316. The monoisotopic (exact) mass is 197 g/mol. The average Bonchev–Trinajstić information content (AvgIpc) is 2.63. The summed E-state index contributed by atoms with van der Waals surface area (Å²) in [5.74, 6) is 0.911. The first-order valence-electron chi connectivity index (χ1n) is 6.13. The summed E-state index contributed by atoms with van der Waals surface area (Å²) < 4.78 is 6.02. The van der Waals surface area contributed by atoms with E-state index in [-0.39, 0.29) is 0 Å². The van der Waals surface area contributed by atoms with E-state index in [0.717, 1.165) is 12.5 Å². The highest BCUT2D eigenvalue weighted by atomic mass is 16.5. The Labute approximate surface area is 87.4 Å². The van der Waals surface area contributed by atoms with Gasteiger partial charge < -0.3 is 10.1 Å². The fourth-order valence-electron chi connectivity index (χ4n) is 3.09. The maximum Gasteiger partial charge on any atom is 0.0685 e. The molecule has 82 valence electrons. The summed E-state index contributed by atoms with van der Waals surface area (Å²) >= 11 is 0. The zero-order valence-electron chi connectivity index (χ0n) is 9.35. The Morgan fingerprint density at radius 2 is 2.14 bits per heavy atom. The highest BCUT2D eigenvalue weighted by Gasteiger charge is 2.39. The Morgan fingerprint density at radius 1 is 1.36 bits per heavy atom. The first-order valence-corrected chi connectivity index (χ1v) is 6.13. The Balaban J connectivity index is 1.83. The molecule has 14 heavy (non-hydrogen) atoms. The second kappa shape index (κ2) is 4.63. The molecular weight excluding hydrogens is 174 g/mol. The molecule has 0 aromatic rings. The SMILES string of the molecule is CNCCC1CCOC2(CCCC2)C1. The summed E-state index contributed by atoms with van der Waals surface area (Å²) in [4.78, 5) is 0. The van der Waals surface area contributed by atoms with Crippen LogP contribution in [0, 0.1) is 5.92 Å². The lowest BCUT2D eigenvalue weighted by molar-refractivity contribution is -0.0934. The van der Waals surface area contributed by atoms with Gasteiger partial charge in [0, 0.05) is 6.61 Å². The molecule has 2 rings (SSSR count). The Hall–Kier alpha value is -0.0800. The van der Waals surface area contributed by atoms with Crippen molar-refractivity contribution < 1.29 is 4.74 Å². The van der Waals surface area contributed by atoms with E-state index in [2.05, 4.69) is 5.32 Å². The van der Waals surface area contributed by atoms with Crippen molar-refractivity contribution >= 4 is 0 Å². The molecule has 0 bridgehead atoms. The molecule has 1 saturated carbocycles. The van der Waals surface area contributed by atoms with Crippen molar-refractivity contribution in [3.8, 4) is 0 Å². The molecule has 1 saturated heterocycles. The standard InChI is InChI=1S/C12H23NO/c1-13-8-4-11-5-9-14-12(10-11)6-2-3-7-12/h11,13H,2-10H2,1H3. The maximum absolute atomic E-state index is 6.02. The number of ether oxygens (including phenoxy) is 1. The van der Waals surface area contributed by atoms with Crippen LogP contribution in [0.15, 0.2) is 0 Å². The summed E-state index contributed by atoms with van der Waals surface area (Å²) in [5, 5.41) is 3.25. The van der Waals surface area contributed by atoms with Gasteiger partial charge >= 0.3 is 0 Å². The molecule has 1 spiro atoms. The van der Waals surface area contributed by atoms with Crippen LogP contribution in [0.5, 0.6) is 0 Å². The third-order valence-electron chi connectivity index (χ3n) is 3.91. The zero-order valence-corrected chi connectivity index (χ0v) is 9.35. The van der Waals surface area contributed by atoms with Gasteiger partial charge in [-0.3, -0.25) is 0 Å². The first kappa shape index (κ1) is 10.4. The second-order valence-electron chi connectivity index (χ2n) is 4.99. The largest absolute Gasteiger partial charge is 0.375 e. The van der Waals surface area contributed by atoms with Crippen LogP contribution in [0.3, 0.4) is 0 Å². The molecule has 1 heterocycles. The van der Waals surface area contributed by atoms with Gasteiger partial charge in [0.25, 0.3) is 0 Å². The van der Waals surface area contributed by atoms with Gasteiger partial charge in [-0.15, -0.1) is 0 Å². The van der Waals surface area contributed by atoms with Crippen molar-refractivity contribution in [1.29, 1.82) is 0 Å². The molecule has 0 aromatic carbocycles. The molecule has 0 amide bonds. The van der Waals surface area contributed by atoms with Crippen molar-refractivity contribution in [2.75, 3.05) is 20.2 Å². The second-order valence-corrected chi connectivity index (χ2v) is 4.99. The third kappa shape index (κ3) is 2.29. The summed E-state index contributed by atoms with van der Waals surface area (Å²) in [6, 6.07) is 0. The maximum atomic E-state index is 6.02. The lowest BCUT2D eigenvalue weighted by Crippen LogP contribution is -2.37. The fraction of sp³-hybridized carbons (Fsp3) is 1.00. The van der Waals surface area contributed by atoms with Gasteiger partial charge in [-0.05, 0) is 51.6 Å². The summed E-state index contributed by atoms with van der Waals surface area (Å²) in [6.07, 6.45) is 9.36. The molecule has 2 nitrogen and oxygen atoms in total. The van der Waals surface area contributed by atoms with E-state index in [1.165, 1.54) is 51.5 Å². The van der Waals surface area contributed by atoms with Crippen LogP contribution in [-0.4, -0.2) is 25.8 Å². The smallest absolute Gasteiger partial charge is 0.0685 e. The molecule has 1 unspecified atom stereocenters. The molecule has 2 fully saturated rings. The lowest BCUT2D eigenvalue weighted by Gasteiger charge is -2.38. The number of hydrogen-bond acceptors (Lipinski definition) is 2. The predicted octanol–water partition coefficient (Wildman–Crippen LogP) is 2.34. The molecule has 1 N–H and O–H groups in total. The Bertz CT molecular complexity index is 175. The quantitative estimate of drug-likeness (QED) is 0.750. The zero-order chi connectivity index (χ0) is 9.86. The molecule has 1 aliphatic carbocycles. The minimum absolute atomic E-state index is 0.316. The molecular formula is C12H23NO. The molecule has 1 atom stereocenters. The van der Waals surface area contributed by atoms with Gasteiger partial charge in [0.05, 0.1) is 5.60 Å². The average molecular weight is 197 g/mol. The van der Waals surface area contributed by atoms with Crippen molar-refractivity contribution in [2.24, 2.45) is 5.92 Å². The number of nitrogens with one attached hydrogen (secondary N) is 1. The van der Waals surface area contributed by atoms with E-state index < -0.39 is 0 Å². The van der Waals surface area contributed by atoms with Gasteiger partial charge in [-0.2, -0.15) is 0 Å². The van der Waals surface area contributed by atoms with E-state index in [1.807, 2.05) is 7.05 Å². The van der Waals surface area contributed by atoms with Crippen molar-refractivity contribution in [2.45, 2.75) is 50.5 Å². The summed E-state index contributed by atoms with van der Waals surface area (Å²) in [6.45, 7) is 2.18. The van der Waals surface area contributed by atoms with Gasteiger partial charge in [0.2, 0.25) is 0 Å². The van der Waals surface area contributed by atoms with Crippen LogP contribution in [0.25, 0.3) is 0 Å².